The summed E-state index contributed by atoms with van der Waals surface area (Å²) in [5.41, 5.74) is 0.525. The van der Waals surface area contributed by atoms with Crippen molar-refractivity contribution in [2.45, 2.75) is 51.6 Å². The molecule has 2 rings (SSSR count). The molecule has 7 heteroatoms. The number of nitrogens with one attached hydrogen (secondary N) is 3. The molecule has 1 saturated heterocycles. The van der Waals surface area contributed by atoms with Crippen molar-refractivity contribution in [3.8, 4) is 5.75 Å². The van der Waals surface area contributed by atoms with Gasteiger partial charge in [-0.3, -0.25) is 9.59 Å². The van der Waals surface area contributed by atoms with Crippen LogP contribution in [0.1, 0.15) is 49.9 Å². The van der Waals surface area contributed by atoms with E-state index in [-0.39, 0.29) is 30.3 Å². The van der Waals surface area contributed by atoms with Crippen LogP contribution in [0.25, 0.3) is 0 Å². The van der Waals surface area contributed by atoms with E-state index >= 15 is 0 Å². The van der Waals surface area contributed by atoms with Crippen LogP contribution in [0.4, 0.5) is 0 Å². The minimum Gasteiger partial charge on any atom is -0.493 e. The van der Waals surface area contributed by atoms with Gasteiger partial charge in [0, 0.05) is 25.0 Å². The topological polar surface area (TPSA) is 79.5 Å². The minimum absolute atomic E-state index is 0. The first-order chi connectivity index (χ1) is 12.1. The van der Waals surface area contributed by atoms with Gasteiger partial charge in [-0.25, -0.2) is 0 Å². The molecular formula is C19H30ClN3O3. The fourth-order valence-electron chi connectivity index (χ4n) is 3.04. The van der Waals surface area contributed by atoms with Crippen LogP contribution in [0.15, 0.2) is 24.3 Å². The Bertz CT molecular complexity index is 583. The second-order valence-corrected chi connectivity index (χ2v) is 6.43. The first-order valence-corrected chi connectivity index (χ1v) is 9.13. The maximum atomic E-state index is 12.2. The zero-order valence-corrected chi connectivity index (χ0v) is 16.4. The summed E-state index contributed by atoms with van der Waals surface area (Å²) < 4.78 is 5.47. The Labute approximate surface area is 161 Å². The molecular weight excluding hydrogens is 354 g/mol. The van der Waals surface area contributed by atoms with Gasteiger partial charge in [0.15, 0.2) is 0 Å². The third-order valence-electron chi connectivity index (χ3n) is 4.29. The number of carbonyl (C=O) groups excluding carboxylic acids is 2. The lowest BCUT2D eigenvalue weighted by Crippen LogP contribution is -2.46. The number of hydrogen-bond donors (Lipinski definition) is 3. The Morgan fingerprint density at radius 3 is 2.81 bits per heavy atom. The van der Waals surface area contributed by atoms with E-state index in [0.29, 0.717) is 43.3 Å². The SMILES string of the molecule is CCOc1ccccc1C(=O)NCCCC(=O)NC1CCNC(C)C1.Cl. The molecule has 2 amide bonds. The molecule has 0 aliphatic carbocycles. The van der Waals surface area contributed by atoms with Crippen molar-refractivity contribution in [2.24, 2.45) is 0 Å². The van der Waals surface area contributed by atoms with E-state index in [9.17, 15) is 9.59 Å². The van der Waals surface area contributed by atoms with E-state index in [0.717, 1.165) is 19.4 Å². The normalized spacial score (nSPS) is 19.2. The summed E-state index contributed by atoms with van der Waals surface area (Å²) in [5.74, 6) is 0.472. The van der Waals surface area contributed by atoms with Crippen LogP contribution < -0.4 is 20.7 Å². The standard InChI is InChI=1S/C19H29N3O3.ClH/c1-3-25-17-8-5-4-7-16(17)19(24)21-11-6-9-18(23)22-15-10-12-20-14(2)13-15;/h4-5,7-8,14-15,20H,3,6,9-13H2,1-2H3,(H,21,24)(H,22,23);1H. The van der Waals surface area contributed by atoms with E-state index in [4.69, 9.17) is 4.74 Å². The van der Waals surface area contributed by atoms with Gasteiger partial charge in [0.2, 0.25) is 5.91 Å². The lowest BCUT2D eigenvalue weighted by molar-refractivity contribution is -0.122. The van der Waals surface area contributed by atoms with Gasteiger partial charge in [-0.05, 0) is 51.8 Å². The highest BCUT2D eigenvalue weighted by molar-refractivity contribution is 5.96. The van der Waals surface area contributed by atoms with Crippen molar-refractivity contribution in [2.75, 3.05) is 19.7 Å². The fraction of sp³-hybridized carbons (Fsp3) is 0.579. The van der Waals surface area contributed by atoms with Gasteiger partial charge in [0.1, 0.15) is 5.75 Å². The van der Waals surface area contributed by atoms with Crippen molar-refractivity contribution in [3.05, 3.63) is 29.8 Å². The lowest BCUT2D eigenvalue weighted by atomic mass is 10.0. The third-order valence-corrected chi connectivity index (χ3v) is 4.29. The summed E-state index contributed by atoms with van der Waals surface area (Å²) in [7, 11) is 0. The fourth-order valence-corrected chi connectivity index (χ4v) is 3.04. The molecule has 1 heterocycles. The zero-order chi connectivity index (χ0) is 18.1. The number of benzene rings is 1. The quantitative estimate of drug-likeness (QED) is 0.602. The molecule has 0 radical (unpaired) electrons. The maximum Gasteiger partial charge on any atom is 0.255 e. The number of halogens is 1. The minimum atomic E-state index is -0.170. The Hall–Kier alpha value is -1.79. The predicted molar refractivity (Wildman–Crippen MR) is 105 cm³/mol. The van der Waals surface area contributed by atoms with Gasteiger partial charge < -0.3 is 20.7 Å². The van der Waals surface area contributed by atoms with Crippen LogP contribution in [-0.4, -0.2) is 43.6 Å². The number of carbonyl (C=O) groups is 2. The van der Waals surface area contributed by atoms with Gasteiger partial charge >= 0.3 is 0 Å². The average molecular weight is 384 g/mol. The van der Waals surface area contributed by atoms with Crippen molar-refractivity contribution in [1.29, 1.82) is 0 Å². The molecule has 146 valence electrons. The van der Waals surface area contributed by atoms with Crippen LogP contribution in [0.2, 0.25) is 0 Å². The zero-order valence-electron chi connectivity index (χ0n) is 15.5. The molecule has 2 atom stereocenters. The van der Waals surface area contributed by atoms with Crippen LogP contribution in [-0.2, 0) is 4.79 Å². The largest absolute Gasteiger partial charge is 0.493 e. The van der Waals surface area contributed by atoms with E-state index in [1.807, 2.05) is 19.1 Å². The summed E-state index contributed by atoms with van der Waals surface area (Å²) in [5, 5.41) is 9.31. The Balaban J connectivity index is 0.00000338. The summed E-state index contributed by atoms with van der Waals surface area (Å²) in [4.78, 5) is 24.2. The maximum absolute atomic E-state index is 12.2. The molecule has 26 heavy (non-hydrogen) atoms. The van der Waals surface area contributed by atoms with Gasteiger partial charge in [0.05, 0.1) is 12.2 Å². The monoisotopic (exact) mass is 383 g/mol. The molecule has 0 bridgehead atoms. The summed E-state index contributed by atoms with van der Waals surface area (Å²) in [6, 6.07) is 7.88. The van der Waals surface area contributed by atoms with Crippen molar-refractivity contribution in [3.63, 3.8) is 0 Å². The number of ether oxygens (including phenoxy) is 1. The van der Waals surface area contributed by atoms with Gasteiger partial charge in [-0.1, -0.05) is 12.1 Å². The number of hydrogen-bond acceptors (Lipinski definition) is 4. The van der Waals surface area contributed by atoms with E-state index in [1.165, 1.54) is 0 Å². The van der Waals surface area contributed by atoms with Gasteiger partial charge in [-0.2, -0.15) is 0 Å². The van der Waals surface area contributed by atoms with Crippen LogP contribution in [0.3, 0.4) is 0 Å². The third kappa shape index (κ3) is 7.22. The lowest BCUT2D eigenvalue weighted by Gasteiger charge is -2.28. The highest BCUT2D eigenvalue weighted by Gasteiger charge is 2.19. The van der Waals surface area contributed by atoms with Crippen molar-refractivity contribution < 1.29 is 14.3 Å². The van der Waals surface area contributed by atoms with Crippen LogP contribution in [0, 0.1) is 0 Å². The molecule has 1 aliphatic rings. The molecule has 0 aromatic heterocycles. The van der Waals surface area contributed by atoms with Gasteiger partial charge in [0.25, 0.3) is 5.91 Å². The van der Waals surface area contributed by atoms with Crippen LogP contribution >= 0.6 is 12.4 Å². The molecule has 1 aromatic carbocycles. The number of piperidine rings is 1. The Morgan fingerprint density at radius 2 is 2.08 bits per heavy atom. The van der Waals surface area contributed by atoms with Crippen molar-refractivity contribution >= 4 is 24.2 Å². The molecule has 1 fully saturated rings. The second-order valence-electron chi connectivity index (χ2n) is 6.43. The second kappa shape index (κ2) is 11.8. The Morgan fingerprint density at radius 1 is 1.31 bits per heavy atom. The predicted octanol–water partition coefficient (Wildman–Crippen LogP) is 2.27. The molecule has 6 nitrogen and oxygen atoms in total. The smallest absolute Gasteiger partial charge is 0.255 e. The molecule has 0 spiro atoms. The highest BCUT2D eigenvalue weighted by Crippen LogP contribution is 2.17. The van der Waals surface area contributed by atoms with E-state index in [1.54, 1.807) is 12.1 Å². The summed E-state index contributed by atoms with van der Waals surface area (Å²) in [6.07, 6.45) is 2.98. The first-order valence-electron chi connectivity index (χ1n) is 9.13. The molecule has 1 aromatic rings. The molecule has 3 N–H and O–H groups in total. The average Bonchev–Trinajstić information content (AvgIpc) is 2.59. The molecule has 2 unspecified atom stereocenters. The van der Waals surface area contributed by atoms with Gasteiger partial charge in [-0.15, -0.1) is 12.4 Å². The Kier molecular flexibility index (Phi) is 10.1. The summed E-state index contributed by atoms with van der Waals surface area (Å²) in [6.45, 7) is 5.95. The van der Waals surface area contributed by atoms with Crippen molar-refractivity contribution in [1.82, 2.24) is 16.0 Å². The first kappa shape index (κ1) is 22.3. The molecule has 0 saturated carbocycles. The number of rotatable bonds is 8. The van der Waals surface area contributed by atoms with E-state index < -0.39 is 0 Å². The van der Waals surface area contributed by atoms with E-state index in [2.05, 4.69) is 22.9 Å². The summed E-state index contributed by atoms with van der Waals surface area (Å²) >= 11 is 0. The number of para-hydroxylation sites is 1. The highest BCUT2D eigenvalue weighted by atomic mass is 35.5. The molecule has 1 aliphatic heterocycles. The van der Waals surface area contributed by atoms with Crippen LogP contribution in [0.5, 0.6) is 5.75 Å². The number of amides is 2.